The van der Waals surface area contributed by atoms with E-state index in [1.165, 1.54) is 0 Å². The van der Waals surface area contributed by atoms with Crippen molar-refractivity contribution in [2.75, 3.05) is 6.61 Å². The first-order valence-corrected chi connectivity index (χ1v) is 5.01. The van der Waals surface area contributed by atoms with Crippen LogP contribution in [0.2, 0.25) is 0 Å². The van der Waals surface area contributed by atoms with E-state index in [9.17, 15) is 4.57 Å². The Labute approximate surface area is 66.5 Å². The van der Waals surface area contributed by atoms with Crippen LogP contribution in [-0.2, 0) is 9.09 Å². The van der Waals surface area contributed by atoms with Gasteiger partial charge in [-0.25, -0.2) is 4.57 Å². The highest BCUT2D eigenvalue weighted by molar-refractivity contribution is 7.50. The molecule has 0 fully saturated rings. The van der Waals surface area contributed by atoms with Gasteiger partial charge in [0.2, 0.25) is 0 Å². The van der Waals surface area contributed by atoms with E-state index in [0.717, 1.165) is 6.42 Å². The average Bonchev–Trinajstić information content (AvgIpc) is 1.87. The lowest BCUT2D eigenvalue weighted by atomic mass is 10.2. The third-order valence-electron chi connectivity index (χ3n) is 1.12. The summed E-state index contributed by atoms with van der Waals surface area (Å²) in [6.45, 7) is 4.25. The van der Waals surface area contributed by atoms with E-state index in [4.69, 9.17) is 10.7 Å². The molecule has 1 atom stereocenters. The van der Waals surface area contributed by atoms with E-state index in [2.05, 4.69) is 4.52 Å². The van der Waals surface area contributed by atoms with Gasteiger partial charge >= 0.3 is 7.75 Å². The maximum absolute atomic E-state index is 10.7. The lowest BCUT2D eigenvalue weighted by Gasteiger charge is -2.10. The first-order valence-electron chi connectivity index (χ1n) is 3.43. The van der Waals surface area contributed by atoms with Crippen molar-refractivity contribution in [2.24, 2.45) is 11.8 Å². The highest BCUT2D eigenvalue weighted by Crippen LogP contribution is 2.34. The van der Waals surface area contributed by atoms with Crippen molar-refractivity contribution >= 4 is 7.75 Å². The Hall–Kier alpha value is 0.0700. The van der Waals surface area contributed by atoms with Crippen LogP contribution in [-0.4, -0.2) is 11.5 Å². The molecule has 0 rings (SSSR count). The molecule has 0 spiro atoms. The molecule has 11 heavy (non-hydrogen) atoms. The zero-order chi connectivity index (χ0) is 8.91. The minimum atomic E-state index is -3.70. The first-order chi connectivity index (χ1) is 4.98. The van der Waals surface area contributed by atoms with Crippen LogP contribution < -0.4 is 11.0 Å². The van der Waals surface area contributed by atoms with Gasteiger partial charge in [-0.2, -0.15) is 5.20 Å². The fourth-order valence-corrected chi connectivity index (χ4v) is 0.877. The van der Waals surface area contributed by atoms with Crippen molar-refractivity contribution in [1.29, 1.82) is 0 Å². The molecule has 0 amide bonds. The Balaban J connectivity index is 3.46. The molecule has 1 unspecified atom stereocenters. The predicted molar refractivity (Wildman–Crippen MR) is 42.6 cm³/mol. The van der Waals surface area contributed by atoms with E-state index in [1.807, 2.05) is 13.8 Å². The third kappa shape index (κ3) is 6.47. The van der Waals surface area contributed by atoms with Gasteiger partial charge in [0, 0.05) is 0 Å². The van der Waals surface area contributed by atoms with E-state index >= 15 is 0 Å². The number of rotatable bonds is 5. The summed E-state index contributed by atoms with van der Waals surface area (Å²) in [6, 6.07) is 0. The molecule has 0 aromatic rings. The lowest BCUT2D eigenvalue weighted by molar-refractivity contribution is 0.235. The average molecular weight is 182 g/mol. The Morgan fingerprint density at radius 2 is 2.27 bits per heavy atom. The van der Waals surface area contributed by atoms with Gasteiger partial charge in [0.05, 0.1) is 6.61 Å². The molecule has 0 bridgehead atoms. The minimum absolute atomic E-state index is 0.246. The van der Waals surface area contributed by atoms with Gasteiger partial charge in [0.25, 0.3) is 0 Å². The number of hydrogen-bond donors (Lipinski definition) is 3. The fraction of sp³-hybridized carbons (Fsp3) is 1.00. The number of nitrogens with two attached hydrogens (primary N) is 1. The fourth-order valence-electron chi connectivity index (χ4n) is 0.449. The predicted octanol–water partition coefficient (Wildman–Crippen LogP) is 0.613. The molecular formula is C5H15N2O3P. The second-order valence-corrected chi connectivity index (χ2v) is 4.22. The molecule has 0 saturated carbocycles. The maximum atomic E-state index is 10.7. The first kappa shape index (κ1) is 11.1. The number of hydrazine groups is 1. The van der Waals surface area contributed by atoms with Crippen molar-refractivity contribution in [3.8, 4) is 0 Å². The van der Waals surface area contributed by atoms with Crippen LogP contribution in [0.5, 0.6) is 0 Å². The van der Waals surface area contributed by atoms with Crippen LogP contribution >= 0.6 is 7.75 Å². The molecular weight excluding hydrogens is 167 g/mol. The smallest absolute Gasteiger partial charge is 0.312 e. The van der Waals surface area contributed by atoms with Crippen molar-refractivity contribution in [1.82, 2.24) is 5.20 Å². The van der Waals surface area contributed by atoms with Gasteiger partial charge in [-0.05, 0) is 12.3 Å². The zero-order valence-corrected chi connectivity index (χ0v) is 7.67. The largest absolute Gasteiger partial charge is 0.416 e. The number of hydrogen-bond acceptors (Lipinski definition) is 3. The lowest BCUT2D eigenvalue weighted by Crippen LogP contribution is -2.19. The second-order valence-electron chi connectivity index (χ2n) is 2.67. The maximum Gasteiger partial charge on any atom is 0.416 e. The van der Waals surface area contributed by atoms with Crippen LogP contribution in [0, 0.1) is 5.92 Å². The van der Waals surface area contributed by atoms with Crippen LogP contribution in [0.15, 0.2) is 0 Å². The van der Waals surface area contributed by atoms with Gasteiger partial charge in [0.15, 0.2) is 0 Å². The molecule has 0 aliphatic heterocycles. The van der Waals surface area contributed by atoms with E-state index < -0.39 is 7.75 Å². The summed E-state index contributed by atoms with van der Waals surface area (Å²) in [5.41, 5.74) is 0. The Bertz CT molecular complexity index is 151. The molecule has 0 saturated heterocycles. The van der Waals surface area contributed by atoms with Crippen molar-refractivity contribution in [3.63, 3.8) is 0 Å². The normalized spacial score (nSPS) is 16.8. The Morgan fingerprint density at radius 1 is 1.73 bits per heavy atom. The Kier molecular flexibility index (Phi) is 4.88. The number of nitrogens with one attached hydrogen (secondary N) is 1. The third-order valence-corrected chi connectivity index (χ3v) is 1.98. The highest BCUT2D eigenvalue weighted by Gasteiger charge is 2.15. The monoisotopic (exact) mass is 182 g/mol. The topological polar surface area (TPSA) is 84.6 Å². The summed E-state index contributed by atoms with van der Waals surface area (Å²) in [7, 11) is -3.70. The molecule has 4 N–H and O–H groups in total. The zero-order valence-electron chi connectivity index (χ0n) is 6.78. The van der Waals surface area contributed by atoms with Gasteiger partial charge in [0.1, 0.15) is 0 Å². The molecule has 0 aromatic carbocycles. The van der Waals surface area contributed by atoms with Crippen LogP contribution in [0.3, 0.4) is 0 Å². The summed E-state index contributed by atoms with van der Waals surface area (Å²) < 4.78 is 15.2. The minimum Gasteiger partial charge on any atom is -0.312 e. The van der Waals surface area contributed by atoms with E-state index in [0.29, 0.717) is 5.92 Å². The molecule has 0 aliphatic carbocycles. The van der Waals surface area contributed by atoms with E-state index in [-0.39, 0.29) is 6.61 Å². The molecule has 0 aliphatic rings. The highest BCUT2D eigenvalue weighted by atomic mass is 31.2. The summed E-state index contributed by atoms with van der Waals surface area (Å²) in [4.78, 5) is 8.73. The molecule has 0 radical (unpaired) electrons. The molecule has 0 aromatic heterocycles. The van der Waals surface area contributed by atoms with Gasteiger partial charge < -0.3 is 4.89 Å². The molecule has 0 heterocycles. The SMILES string of the molecule is CC(C)CCOP(=O)(O)NN. The van der Waals surface area contributed by atoms with Crippen LogP contribution in [0.4, 0.5) is 0 Å². The molecule has 68 valence electrons. The van der Waals surface area contributed by atoms with Crippen molar-refractivity contribution < 1.29 is 14.0 Å². The molecule has 6 heteroatoms. The summed E-state index contributed by atoms with van der Waals surface area (Å²) in [5.74, 6) is 5.19. The molecule has 5 nitrogen and oxygen atoms in total. The summed E-state index contributed by atoms with van der Waals surface area (Å²) in [5, 5.41) is 1.70. The van der Waals surface area contributed by atoms with E-state index in [1.54, 1.807) is 5.20 Å². The van der Waals surface area contributed by atoms with Gasteiger partial charge in [-0.15, -0.1) is 0 Å². The van der Waals surface area contributed by atoms with Crippen LogP contribution in [0.1, 0.15) is 20.3 Å². The standard InChI is InChI=1S/C5H15N2O3P/c1-5(2)3-4-10-11(8,9)7-6/h5H,3-4,6H2,1-2H3,(H2,7,8,9). The summed E-state index contributed by atoms with van der Waals surface area (Å²) >= 11 is 0. The quantitative estimate of drug-likeness (QED) is 0.329. The van der Waals surface area contributed by atoms with Crippen molar-refractivity contribution in [3.05, 3.63) is 0 Å². The Morgan fingerprint density at radius 3 is 2.64 bits per heavy atom. The van der Waals surface area contributed by atoms with Crippen LogP contribution in [0.25, 0.3) is 0 Å². The van der Waals surface area contributed by atoms with Gasteiger partial charge in [-0.1, -0.05) is 13.8 Å². The van der Waals surface area contributed by atoms with Gasteiger partial charge in [-0.3, -0.25) is 10.4 Å². The second kappa shape index (κ2) is 4.85. The van der Waals surface area contributed by atoms with Crippen molar-refractivity contribution in [2.45, 2.75) is 20.3 Å². The summed E-state index contributed by atoms with van der Waals surface area (Å²) in [6.07, 6.45) is 0.742.